The van der Waals surface area contributed by atoms with Gasteiger partial charge in [-0.05, 0) is 67.0 Å². The quantitative estimate of drug-likeness (QED) is 0.313. The zero-order chi connectivity index (χ0) is 21.3. The topological polar surface area (TPSA) is 54.9 Å². The molecular weight excluding hydrogens is 394 g/mol. The number of rotatable bonds is 7. The van der Waals surface area contributed by atoms with Crippen LogP contribution in [0.15, 0.2) is 71.8 Å². The normalized spacial score (nSPS) is 10.6. The molecule has 3 rings (SSSR count). The van der Waals surface area contributed by atoms with Crippen molar-refractivity contribution in [3.8, 4) is 11.5 Å². The van der Waals surface area contributed by atoms with Gasteiger partial charge >= 0.3 is 0 Å². The molecule has 0 spiro atoms. The van der Waals surface area contributed by atoms with Gasteiger partial charge in [-0.1, -0.05) is 48.0 Å². The predicted molar refractivity (Wildman–Crippen MR) is 127 cm³/mol. The van der Waals surface area contributed by atoms with Crippen molar-refractivity contribution in [1.29, 1.82) is 0 Å². The third-order valence-corrected chi connectivity index (χ3v) is 4.63. The molecule has 0 radical (unpaired) electrons. The molecule has 0 aliphatic carbocycles. The minimum absolute atomic E-state index is 0.424. The highest BCUT2D eigenvalue weighted by atomic mass is 32.1. The van der Waals surface area contributed by atoms with Crippen LogP contribution < -0.4 is 20.2 Å². The van der Waals surface area contributed by atoms with Gasteiger partial charge < -0.3 is 14.8 Å². The molecule has 3 aromatic carbocycles. The minimum atomic E-state index is 0.424. The monoisotopic (exact) mass is 419 g/mol. The zero-order valence-corrected chi connectivity index (χ0v) is 18.1. The van der Waals surface area contributed by atoms with Crippen LogP contribution in [0.2, 0.25) is 0 Å². The number of aryl methyl sites for hydroxylation is 2. The summed E-state index contributed by atoms with van der Waals surface area (Å²) in [7, 11) is 1.62. The molecular formula is C24H25N3O2S. The Morgan fingerprint density at radius 2 is 1.80 bits per heavy atom. The lowest BCUT2D eigenvalue weighted by molar-refractivity contribution is 0.284. The Kier molecular flexibility index (Phi) is 7.40. The molecule has 3 aromatic rings. The lowest BCUT2D eigenvalue weighted by Gasteiger charge is -2.12. The van der Waals surface area contributed by atoms with Crippen LogP contribution in [0.5, 0.6) is 11.5 Å². The first-order valence-corrected chi connectivity index (χ1v) is 9.98. The highest BCUT2D eigenvalue weighted by molar-refractivity contribution is 7.80. The number of ether oxygens (including phenoxy) is 2. The van der Waals surface area contributed by atoms with Crippen molar-refractivity contribution in [3.63, 3.8) is 0 Å². The van der Waals surface area contributed by atoms with E-state index in [0.717, 1.165) is 22.4 Å². The molecule has 30 heavy (non-hydrogen) atoms. The number of benzene rings is 3. The molecule has 154 valence electrons. The van der Waals surface area contributed by atoms with E-state index in [1.807, 2.05) is 67.6 Å². The summed E-state index contributed by atoms with van der Waals surface area (Å²) in [6.45, 7) is 4.57. The Hall–Kier alpha value is -3.38. The van der Waals surface area contributed by atoms with Crippen LogP contribution in [0.25, 0.3) is 0 Å². The van der Waals surface area contributed by atoms with Crippen LogP contribution in [-0.4, -0.2) is 18.4 Å². The summed E-state index contributed by atoms with van der Waals surface area (Å²) in [5, 5.41) is 7.78. The summed E-state index contributed by atoms with van der Waals surface area (Å²) in [5.41, 5.74) is 8.08. The predicted octanol–water partition coefficient (Wildman–Crippen LogP) is 5.21. The van der Waals surface area contributed by atoms with Crippen LogP contribution in [0.1, 0.15) is 22.3 Å². The molecule has 0 atom stereocenters. The van der Waals surface area contributed by atoms with Gasteiger partial charge in [0.15, 0.2) is 16.6 Å². The Balaban J connectivity index is 1.57. The molecule has 6 heteroatoms. The van der Waals surface area contributed by atoms with Gasteiger partial charge in [0.05, 0.1) is 13.3 Å². The highest BCUT2D eigenvalue weighted by Gasteiger charge is 2.06. The second-order valence-corrected chi connectivity index (χ2v) is 7.24. The molecule has 0 bridgehead atoms. The fourth-order valence-corrected chi connectivity index (χ4v) is 3.05. The van der Waals surface area contributed by atoms with Crippen LogP contribution in [0.3, 0.4) is 0 Å². The first-order valence-electron chi connectivity index (χ1n) is 9.57. The van der Waals surface area contributed by atoms with Gasteiger partial charge in [0.2, 0.25) is 0 Å². The number of nitrogens with zero attached hydrogens (tertiary/aromatic N) is 1. The number of hydrogen-bond donors (Lipinski definition) is 2. The molecule has 0 saturated heterocycles. The van der Waals surface area contributed by atoms with Crippen molar-refractivity contribution in [2.24, 2.45) is 5.10 Å². The van der Waals surface area contributed by atoms with Gasteiger partial charge in [-0.3, -0.25) is 5.43 Å². The number of hydrogen-bond acceptors (Lipinski definition) is 4. The average molecular weight is 420 g/mol. The number of hydrazone groups is 1. The van der Waals surface area contributed by atoms with Gasteiger partial charge in [0, 0.05) is 5.69 Å². The van der Waals surface area contributed by atoms with Crippen LogP contribution in [-0.2, 0) is 6.61 Å². The maximum atomic E-state index is 5.88. The molecule has 0 aromatic heterocycles. The van der Waals surface area contributed by atoms with Crippen LogP contribution >= 0.6 is 12.2 Å². The van der Waals surface area contributed by atoms with Gasteiger partial charge in [-0.15, -0.1) is 0 Å². The summed E-state index contributed by atoms with van der Waals surface area (Å²) in [5.74, 6) is 1.32. The molecule has 0 saturated carbocycles. The van der Waals surface area contributed by atoms with E-state index in [1.165, 1.54) is 5.56 Å². The summed E-state index contributed by atoms with van der Waals surface area (Å²) in [6.07, 6.45) is 1.68. The number of nitrogens with one attached hydrogen (secondary N) is 2. The number of methoxy groups -OCH3 is 1. The number of anilines is 1. The lowest BCUT2D eigenvalue weighted by atomic mass is 10.1. The SMILES string of the molecule is COc1cc(C=NNC(=S)Nc2ccc(C)cc2C)ccc1OCc1ccccc1. The minimum Gasteiger partial charge on any atom is -0.493 e. The van der Waals surface area contributed by atoms with Crippen molar-refractivity contribution in [1.82, 2.24) is 5.43 Å². The molecule has 0 unspecified atom stereocenters. The van der Waals surface area contributed by atoms with E-state index in [4.69, 9.17) is 21.7 Å². The second kappa shape index (κ2) is 10.4. The van der Waals surface area contributed by atoms with E-state index < -0.39 is 0 Å². The smallest absolute Gasteiger partial charge is 0.191 e. The third kappa shape index (κ3) is 6.06. The lowest BCUT2D eigenvalue weighted by Crippen LogP contribution is -2.24. The highest BCUT2D eigenvalue weighted by Crippen LogP contribution is 2.28. The van der Waals surface area contributed by atoms with Crippen LogP contribution in [0.4, 0.5) is 5.69 Å². The third-order valence-electron chi connectivity index (χ3n) is 4.43. The molecule has 0 amide bonds. The summed E-state index contributed by atoms with van der Waals surface area (Å²) < 4.78 is 11.3. The second-order valence-electron chi connectivity index (χ2n) is 6.83. The van der Waals surface area contributed by atoms with Crippen molar-refractivity contribution < 1.29 is 9.47 Å². The fraction of sp³-hybridized carbons (Fsp3) is 0.167. The average Bonchev–Trinajstić information content (AvgIpc) is 2.75. The molecule has 2 N–H and O–H groups in total. The van der Waals surface area contributed by atoms with E-state index >= 15 is 0 Å². The Morgan fingerprint density at radius 1 is 1.00 bits per heavy atom. The fourth-order valence-electron chi connectivity index (χ4n) is 2.89. The summed E-state index contributed by atoms with van der Waals surface area (Å²) in [6, 6.07) is 21.8. The molecule has 5 nitrogen and oxygen atoms in total. The van der Waals surface area contributed by atoms with Gasteiger partial charge in [0.25, 0.3) is 0 Å². The van der Waals surface area contributed by atoms with E-state index in [1.54, 1.807) is 13.3 Å². The molecule has 0 aliphatic heterocycles. The standard InChI is InChI=1S/C24H25N3O2S/c1-17-9-11-21(18(2)13-17)26-24(30)27-25-15-20-10-12-22(23(14-20)28-3)29-16-19-7-5-4-6-8-19/h4-15H,16H2,1-3H3,(H2,26,27,30). The molecule has 0 heterocycles. The Morgan fingerprint density at radius 3 is 2.53 bits per heavy atom. The van der Waals surface area contributed by atoms with E-state index in [-0.39, 0.29) is 0 Å². The van der Waals surface area contributed by atoms with E-state index in [9.17, 15) is 0 Å². The maximum Gasteiger partial charge on any atom is 0.191 e. The number of thiocarbonyl (C=S) groups is 1. The van der Waals surface area contributed by atoms with E-state index in [0.29, 0.717) is 23.2 Å². The van der Waals surface area contributed by atoms with Crippen molar-refractivity contribution in [3.05, 3.63) is 89.0 Å². The first kappa shape index (κ1) is 21.3. The van der Waals surface area contributed by atoms with Gasteiger partial charge in [-0.25, -0.2) is 0 Å². The van der Waals surface area contributed by atoms with Crippen molar-refractivity contribution >= 4 is 29.2 Å². The first-order chi connectivity index (χ1) is 14.5. The maximum absolute atomic E-state index is 5.88. The largest absolute Gasteiger partial charge is 0.493 e. The van der Waals surface area contributed by atoms with Gasteiger partial charge in [-0.2, -0.15) is 5.10 Å². The Bertz CT molecular complexity index is 1040. The summed E-state index contributed by atoms with van der Waals surface area (Å²) in [4.78, 5) is 0. The van der Waals surface area contributed by atoms with Crippen LogP contribution in [0, 0.1) is 13.8 Å². The van der Waals surface area contributed by atoms with Gasteiger partial charge in [0.1, 0.15) is 6.61 Å². The Labute approximate surface area is 182 Å². The molecule has 0 fully saturated rings. The zero-order valence-electron chi connectivity index (χ0n) is 17.3. The summed E-state index contributed by atoms with van der Waals surface area (Å²) >= 11 is 5.31. The van der Waals surface area contributed by atoms with E-state index in [2.05, 4.69) is 28.8 Å². The van der Waals surface area contributed by atoms with Crippen molar-refractivity contribution in [2.75, 3.05) is 12.4 Å². The van der Waals surface area contributed by atoms with Crippen molar-refractivity contribution in [2.45, 2.75) is 20.5 Å². The molecule has 0 aliphatic rings.